The van der Waals surface area contributed by atoms with Crippen molar-refractivity contribution in [3.63, 3.8) is 0 Å². The smallest absolute Gasteiger partial charge is 0.323 e. The van der Waals surface area contributed by atoms with Crippen molar-refractivity contribution in [1.82, 2.24) is 5.32 Å². The molecule has 4 nitrogen and oxygen atoms in total. The first-order chi connectivity index (χ1) is 6.54. The zero-order valence-corrected chi connectivity index (χ0v) is 8.87. The van der Waals surface area contributed by atoms with Gasteiger partial charge >= 0.3 is 5.97 Å². The zero-order chi connectivity index (χ0) is 10.7. The molecule has 0 spiro atoms. The molecule has 0 amide bonds. The van der Waals surface area contributed by atoms with E-state index >= 15 is 0 Å². The molecule has 1 N–H and O–H groups in total. The van der Waals surface area contributed by atoms with Gasteiger partial charge in [0, 0.05) is 18.9 Å². The van der Waals surface area contributed by atoms with Crippen LogP contribution in [0.15, 0.2) is 0 Å². The van der Waals surface area contributed by atoms with E-state index in [0.29, 0.717) is 12.3 Å². The number of ketones is 1. The highest BCUT2D eigenvalue weighted by molar-refractivity contribution is 5.88. The zero-order valence-electron chi connectivity index (χ0n) is 8.87. The molecule has 14 heavy (non-hydrogen) atoms. The number of nitrogens with one attached hydrogen (secondary N) is 1. The van der Waals surface area contributed by atoms with Gasteiger partial charge in [-0.15, -0.1) is 0 Å². The van der Waals surface area contributed by atoms with E-state index in [2.05, 4.69) is 10.1 Å². The number of rotatable bonds is 2. The summed E-state index contributed by atoms with van der Waals surface area (Å²) in [5.74, 6) is 0.146. The summed E-state index contributed by atoms with van der Waals surface area (Å²) >= 11 is 0. The SMILES string of the molecule is COC(=O)C1CC(=O)CC(C(C)C)N1. The lowest BCUT2D eigenvalue weighted by Crippen LogP contribution is -2.52. The third-order valence-electron chi connectivity index (χ3n) is 2.59. The lowest BCUT2D eigenvalue weighted by Gasteiger charge is -2.30. The molecular formula is C10H17NO3. The van der Waals surface area contributed by atoms with E-state index in [1.165, 1.54) is 7.11 Å². The summed E-state index contributed by atoms with van der Waals surface area (Å²) in [7, 11) is 1.34. The van der Waals surface area contributed by atoms with E-state index in [9.17, 15) is 9.59 Å². The Bertz CT molecular complexity index is 238. The minimum atomic E-state index is -0.450. The Morgan fingerprint density at radius 3 is 2.64 bits per heavy atom. The molecule has 2 atom stereocenters. The summed E-state index contributed by atoms with van der Waals surface area (Å²) < 4.78 is 4.61. The maximum absolute atomic E-state index is 11.4. The third kappa shape index (κ3) is 2.54. The number of methoxy groups -OCH3 is 1. The van der Waals surface area contributed by atoms with Gasteiger partial charge in [0.1, 0.15) is 11.8 Å². The van der Waals surface area contributed by atoms with Crippen LogP contribution >= 0.6 is 0 Å². The fourth-order valence-corrected chi connectivity index (χ4v) is 1.65. The fourth-order valence-electron chi connectivity index (χ4n) is 1.65. The second kappa shape index (κ2) is 4.55. The molecule has 1 fully saturated rings. The summed E-state index contributed by atoms with van der Waals surface area (Å²) in [4.78, 5) is 22.6. The van der Waals surface area contributed by atoms with E-state index in [-0.39, 0.29) is 24.2 Å². The van der Waals surface area contributed by atoms with Crippen molar-refractivity contribution in [3.8, 4) is 0 Å². The summed E-state index contributed by atoms with van der Waals surface area (Å²) in [5, 5.41) is 3.14. The highest BCUT2D eigenvalue weighted by Gasteiger charge is 2.32. The molecule has 0 aliphatic carbocycles. The molecule has 1 aliphatic rings. The van der Waals surface area contributed by atoms with Gasteiger partial charge in [0.25, 0.3) is 0 Å². The highest BCUT2D eigenvalue weighted by Crippen LogP contribution is 2.16. The topological polar surface area (TPSA) is 55.4 Å². The van der Waals surface area contributed by atoms with E-state index in [1.807, 2.05) is 13.8 Å². The summed E-state index contributed by atoms with van der Waals surface area (Å²) in [6.07, 6.45) is 0.779. The van der Waals surface area contributed by atoms with Gasteiger partial charge in [0.05, 0.1) is 7.11 Å². The van der Waals surface area contributed by atoms with Crippen molar-refractivity contribution in [2.45, 2.75) is 38.8 Å². The Balaban J connectivity index is 2.63. The third-order valence-corrected chi connectivity index (χ3v) is 2.59. The molecule has 2 unspecified atom stereocenters. The van der Waals surface area contributed by atoms with Gasteiger partial charge in [-0.25, -0.2) is 0 Å². The number of hydrogen-bond donors (Lipinski definition) is 1. The van der Waals surface area contributed by atoms with Crippen LogP contribution in [0.3, 0.4) is 0 Å². The van der Waals surface area contributed by atoms with E-state index in [1.54, 1.807) is 0 Å². The quantitative estimate of drug-likeness (QED) is 0.658. The van der Waals surface area contributed by atoms with Gasteiger partial charge in [-0.3, -0.25) is 9.59 Å². The number of carbonyl (C=O) groups is 2. The molecule has 1 rings (SSSR count). The van der Waals surface area contributed by atoms with Crippen molar-refractivity contribution in [3.05, 3.63) is 0 Å². The Hall–Kier alpha value is -0.900. The van der Waals surface area contributed by atoms with Crippen molar-refractivity contribution < 1.29 is 14.3 Å². The molecule has 0 aromatic heterocycles. The molecule has 0 aromatic rings. The van der Waals surface area contributed by atoms with E-state index < -0.39 is 6.04 Å². The minimum absolute atomic E-state index is 0.0975. The Kier molecular flexibility index (Phi) is 3.63. The summed E-state index contributed by atoms with van der Waals surface area (Å²) in [6, 6.07) is -0.353. The largest absolute Gasteiger partial charge is 0.468 e. The van der Waals surface area contributed by atoms with Gasteiger partial charge in [0.2, 0.25) is 0 Å². The first-order valence-electron chi connectivity index (χ1n) is 4.90. The second-order valence-electron chi connectivity index (χ2n) is 4.04. The van der Waals surface area contributed by atoms with Crippen molar-refractivity contribution in [2.24, 2.45) is 5.92 Å². The van der Waals surface area contributed by atoms with Crippen LogP contribution in [0.25, 0.3) is 0 Å². The van der Waals surface area contributed by atoms with E-state index in [0.717, 1.165) is 0 Å². The van der Waals surface area contributed by atoms with Crippen LogP contribution in [0.1, 0.15) is 26.7 Å². The van der Waals surface area contributed by atoms with Crippen LogP contribution in [0.4, 0.5) is 0 Å². The molecule has 80 valence electrons. The maximum Gasteiger partial charge on any atom is 0.323 e. The van der Waals surface area contributed by atoms with Crippen LogP contribution < -0.4 is 5.32 Å². The Morgan fingerprint density at radius 2 is 2.14 bits per heavy atom. The predicted molar refractivity (Wildman–Crippen MR) is 51.8 cm³/mol. The molecule has 0 saturated carbocycles. The number of esters is 1. The fraction of sp³-hybridized carbons (Fsp3) is 0.800. The van der Waals surface area contributed by atoms with Crippen molar-refractivity contribution in [1.29, 1.82) is 0 Å². The van der Waals surface area contributed by atoms with Crippen LogP contribution in [-0.4, -0.2) is 30.9 Å². The number of piperidine rings is 1. The average molecular weight is 199 g/mol. The molecule has 0 radical (unpaired) electrons. The first kappa shape index (κ1) is 11.2. The molecule has 0 aromatic carbocycles. The Morgan fingerprint density at radius 1 is 1.50 bits per heavy atom. The number of carbonyl (C=O) groups excluding carboxylic acids is 2. The van der Waals surface area contributed by atoms with Gasteiger partial charge in [-0.1, -0.05) is 13.8 Å². The normalized spacial score (nSPS) is 27.9. The van der Waals surface area contributed by atoms with Gasteiger partial charge in [0.15, 0.2) is 0 Å². The van der Waals surface area contributed by atoms with Crippen LogP contribution in [0.2, 0.25) is 0 Å². The van der Waals surface area contributed by atoms with E-state index in [4.69, 9.17) is 0 Å². The molecule has 1 saturated heterocycles. The first-order valence-corrected chi connectivity index (χ1v) is 4.90. The second-order valence-corrected chi connectivity index (χ2v) is 4.04. The summed E-state index contributed by atoms with van der Waals surface area (Å²) in [5.41, 5.74) is 0. The molecule has 4 heteroatoms. The molecule has 0 bridgehead atoms. The monoisotopic (exact) mass is 199 g/mol. The Labute approximate surface area is 84.0 Å². The minimum Gasteiger partial charge on any atom is -0.468 e. The molecule has 1 heterocycles. The van der Waals surface area contributed by atoms with Crippen LogP contribution in [0.5, 0.6) is 0 Å². The lowest BCUT2D eigenvalue weighted by atomic mass is 9.90. The maximum atomic E-state index is 11.4. The van der Waals surface area contributed by atoms with Crippen LogP contribution in [-0.2, 0) is 14.3 Å². The number of Topliss-reactive ketones (excluding diaryl/α,β-unsaturated/α-hetero) is 1. The lowest BCUT2D eigenvalue weighted by molar-refractivity contribution is -0.146. The number of hydrogen-bond acceptors (Lipinski definition) is 4. The van der Waals surface area contributed by atoms with Gasteiger partial charge < -0.3 is 10.1 Å². The molecular weight excluding hydrogens is 182 g/mol. The van der Waals surface area contributed by atoms with Crippen LogP contribution in [0, 0.1) is 5.92 Å². The summed E-state index contributed by atoms with van der Waals surface area (Å²) in [6.45, 7) is 4.06. The average Bonchev–Trinajstić information content (AvgIpc) is 2.15. The predicted octanol–water partition coefficient (Wildman–Crippen LogP) is 0.505. The van der Waals surface area contributed by atoms with Crippen molar-refractivity contribution in [2.75, 3.05) is 7.11 Å². The number of ether oxygens (including phenoxy) is 1. The van der Waals surface area contributed by atoms with Gasteiger partial charge in [-0.2, -0.15) is 0 Å². The standard InChI is InChI=1S/C10H17NO3/c1-6(2)8-4-7(12)5-9(11-8)10(13)14-3/h6,8-9,11H,4-5H2,1-3H3. The van der Waals surface area contributed by atoms with Crippen molar-refractivity contribution >= 4 is 11.8 Å². The highest BCUT2D eigenvalue weighted by atomic mass is 16.5. The molecule has 1 aliphatic heterocycles. The van der Waals surface area contributed by atoms with Gasteiger partial charge in [-0.05, 0) is 5.92 Å².